The molecule has 1 N–H and O–H groups in total. The summed E-state index contributed by atoms with van der Waals surface area (Å²) < 4.78 is 5.18. The maximum Gasteiger partial charge on any atom is 0.244 e. The van der Waals surface area contributed by atoms with E-state index in [9.17, 15) is 14.4 Å². The van der Waals surface area contributed by atoms with Crippen LogP contribution >= 0.6 is 23.2 Å². The summed E-state index contributed by atoms with van der Waals surface area (Å²) in [5, 5.41) is 2.73. The second-order valence-electron chi connectivity index (χ2n) is 9.01. The molecule has 3 aromatic rings. The molecule has 4 aliphatic rings. The van der Waals surface area contributed by atoms with Crippen LogP contribution in [0.4, 0.5) is 5.69 Å². The summed E-state index contributed by atoms with van der Waals surface area (Å²) in [6.45, 7) is -0.436. The zero-order valence-corrected chi connectivity index (χ0v) is 20.1. The van der Waals surface area contributed by atoms with Crippen molar-refractivity contribution in [1.29, 1.82) is 0 Å². The maximum absolute atomic E-state index is 13.8. The number of ether oxygens (including phenoxy) is 1. The molecule has 0 saturated carbocycles. The lowest BCUT2D eigenvalue weighted by molar-refractivity contribution is -0.142. The first kappa shape index (κ1) is 22.1. The molecule has 2 atom stereocenters. The van der Waals surface area contributed by atoms with Gasteiger partial charge >= 0.3 is 0 Å². The number of halogens is 2. The Morgan fingerprint density at radius 1 is 0.857 bits per heavy atom. The van der Waals surface area contributed by atoms with Crippen molar-refractivity contribution in [3.05, 3.63) is 95.1 Å². The van der Waals surface area contributed by atoms with E-state index in [2.05, 4.69) is 5.32 Å². The molecule has 6 nitrogen and oxygen atoms in total. The zero-order valence-electron chi connectivity index (χ0n) is 18.6. The third-order valence-corrected chi connectivity index (χ3v) is 8.62. The van der Waals surface area contributed by atoms with Crippen LogP contribution in [0.25, 0.3) is 0 Å². The number of alkyl halides is 2. The van der Waals surface area contributed by atoms with Crippen molar-refractivity contribution in [2.24, 2.45) is 11.8 Å². The van der Waals surface area contributed by atoms with E-state index in [0.29, 0.717) is 11.4 Å². The van der Waals surface area contributed by atoms with E-state index in [1.807, 2.05) is 48.5 Å². The number of nitrogens with one attached hydrogen (secondary N) is 1. The first-order chi connectivity index (χ1) is 16.8. The van der Waals surface area contributed by atoms with Crippen molar-refractivity contribution in [3.8, 4) is 5.75 Å². The summed E-state index contributed by atoms with van der Waals surface area (Å²) in [7, 11) is 1.53. The lowest BCUT2D eigenvalue weighted by Crippen LogP contribution is -2.57. The molecule has 0 radical (unpaired) electrons. The van der Waals surface area contributed by atoms with Gasteiger partial charge in [-0.1, -0.05) is 54.6 Å². The molecule has 7 rings (SSSR count). The molecule has 2 bridgehead atoms. The molecule has 35 heavy (non-hydrogen) atoms. The third-order valence-electron chi connectivity index (χ3n) is 7.33. The summed E-state index contributed by atoms with van der Waals surface area (Å²) >= 11 is 14.7. The second-order valence-corrected chi connectivity index (χ2v) is 10.2. The van der Waals surface area contributed by atoms with E-state index in [1.54, 1.807) is 24.3 Å². The minimum atomic E-state index is -1.26. The zero-order chi connectivity index (χ0) is 24.5. The van der Waals surface area contributed by atoms with Gasteiger partial charge in [0, 0.05) is 11.8 Å². The summed E-state index contributed by atoms with van der Waals surface area (Å²) in [5.41, 5.74) is 3.38. The van der Waals surface area contributed by atoms with Gasteiger partial charge in [0.15, 0.2) is 0 Å². The van der Waals surface area contributed by atoms with Crippen molar-refractivity contribution in [1.82, 2.24) is 4.90 Å². The smallest absolute Gasteiger partial charge is 0.244 e. The highest BCUT2D eigenvalue weighted by Gasteiger charge is 2.73. The first-order valence-corrected chi connectivity index (χ1v) is 11.9. The van der Waals surface area contributed by atoms with Crippen LogP contribution in [0.15, 0.2) is 72.8 Å². The van der Waals surface area contributed by atoms with Crippen molar-refractivity contribution < 1.29 is 19.1 Å². The fraction of sp³-hybridized carbons (Fsp3) is 0.222. The molecule has 0 unspecified atom stereocenters. The van der Waals surface area contributed by atoms with Gasteiger partial charge in [-0.25, -0.2) is 0 Å². The van der Waals surface area contributed by atoms with Gasteiger partial charge in [-0.2, -0.15) is 0 Å². The van der Waals surface area contributed by atoms with E-state index in [4.69, 9.17) is 27.9 Å². The molecular weight excluding hydrogens is 487 g/mol. The van der Waals surface area contributed by atoms with Crippen molar-refractivity contribution >= 4 is 46.6 Å². The summed E-state index contributed by atoms with van der Waals surface area (Å²) in [6, 6.07) is 21.7. The molecule has 8 heteroatoms. The Balaban J connectivity index is 1.40. The lowest BCUT2D eigenvalue weighted by atomic mass is 9.54. The Morgan fingerprint density at radius 3 is 1.80 bits per heavy atom. The Kier molecular flexibility index (Phi) is 4.79. The van der Waals surface area contributed by atoms with Gasteiger partial charge in [-0.05, 0) is 34.4 Å². The van der Waals surface area contributed by atoms with Gasteiger partial charge in [-0.15, -0.1) is 23.2 Å². The van der Waals surface area contributed by atoms with Crippen LogP contribution in [0.3, 0.4) is 0 Å². The van der Waals surface area contributed by atoms with Crippen molar-refractivity contribution in [2.75, 3.05) is 19.0 Å². The second kappa shape index (κ2) is 7.57. The van der Waals surface area contributed by atoms with Crippen LogP contribution in [-0.2, 0) is 24.1 Å². The Morgan fingerprint density at radius 2 is 1.34 bits per heavy atom. The predicted molar refractivity (Wildman–Crippen MR) is 131 cm³/mol. The molecule has 176 valence electrons. The minimum absolute atomic E-state index is 0.436. The SMILES string of the molecule is COc1cccc(NC(=O)CN2C(=O)[C@@H]3[C@@H](C2=O)C2(Cl)c4ccccc4C3(Cl)c3ccccc32)c1. The number of likely N-dealkylation sites (tertiary alicyclic amines) is 1. The van der Waals surface area contributed by atoms with Gasteiger partial charge in [0.25, 0.3) is 0 Å². The predicted octanol–water partition coefficient (Wildman–Crippen LogP) is 4.23. The Labute approximate surface area is 211 Å². The summed E-state index contributed by atoms with van der Waals surface area (Å²) in [4.78, 5) is 38.9. The normalized spacial score (nSPS) is 27.8. The van der Waals surface area contributed by atoms with Crippen LogP contribution in [0, 0.1) is 11.8 Å². The summed E-state index contributed by atoms with van der Waals surface area (Å²) in [5.74, 6) is -2.78. The number of rotatable bonds is 4. The molecule has 3 aromatic carbocycles. The highest BCUT2D eigenvalue weighted by molar-refractivity contribution is 6.36. The van der Waals surface area contributed by atoms with Crippen LogP contribution in [0.5, 0.6) is 5.75 Å². The summed E-state index contributed by atoms with van der Waals surface area (Å²) in [6.07, 6.45) is 0. The van der Waals surface area contributed by atoms with Gasteiger partial charge in [0.05, 0.1) is 18.9 Å². The molecule has 0 aromatic heterocycles. The Hall–Kier alpha value is -3.35. The molecular formula is C27H20Cl2N2O4. The third kappa shape index (κ3) is 2.81. The van der Waals surface area contributed by atoms with Crippen molar-refractivity contribution in [3.63, 3.8) is 0 Å². The number of benzene rings is 3. The number of carbonyl (C=O) groups excluding carboxylic acids is 3. The van der Waals surface area contributed by atoms with Gasteiger partial charge in [-0.3, -0.25) is 19.3 Å². The maximum atomic E-state index is 13.8. The molecule has 1 heterocycles. The largest absolute Gasteiger partial charge is 0.497 e. The van der Waals surface area contributed by atoms with Crippen LogP contribution in [0.1, 0.15) is 22.3 Å². The fourth-order valence-corrected chi connectivity index (χ4v) is 7.02. The number of imide groups is 1. The molecule has 1 saturated heterocycles. The van der Waals surface area contributed by atoms with Crippen LogP contribution in [-0.4, -0.2) is 36.3 Å². The molecule has 3 amide bonds. The minimum Gasteiger partial charge on any atom is -0.497 e. The number of hydrogen-bond donors (Lipinski definition) is 1. The number of methoxy groups -OCH3 is 1. The van der Waals surface area contributed by atoms with E-state index in [0.717, 1.165) is 27.2 Å². The van der Waals surface area contributed by atoms with Gasteiger partial charge in [0.2, 0.25) is 17.7 Å². The highest BCUT2D eigenvalue weighted by atomic mass is 35.5. The van der Waals surface area contributed by atoms with E-state index >= 15 is 0 Å². The van der Waals surface area contributed by atoms with E-state index in [1.165, 1.54) is 7.11 Å². The van der Waals surface area contributed by atoms with Gasteiger partial charge < -0.3 is 10.1 Å². The monoisotopic (exact) mass is 506 g/mol. The first-order valence-electron chi connectivity index (χ1n) is 11.2. The lowest BCUT2D eigenvalue weighted by Gasteiger charge is -2.54. The quantitative estimate of drug-likeness (QED) is 0.424. The van der Waals surface area contributed by atoms with Crippen molar-refractivity contribution in [2.45, 2.75) is 9.75 Å². The van der Waals surface area contributed by atoms with E-state index < -0.39 is 45.9 Å². The average molecular weight is 507 g/mol. The molecule has 0 spiro atoms. The molecule has 3 aliphatic carbocycles. The number of anilines is 1. The van der Waals surface area contributed by atoms with Gasteiger partial charge in [0.1, 0.15) is 22.0 Å². The molecule has 1 fully saturated rings. The van der Waals surface area contributed by atoms with Crippen LogP contribution < -0.4 is 10.1 Å². The average Bonchev–Trinajstić information content (AvgIpc) is 3.13. The number of nitrogens with zero attached hydrogens (tertiary/aromatic N) is 1. The topological polar surface area (TPSA) is 75.7 Å². The fourth-order valence-electron chi connectivity index (χ4n) is 5.93. The molecule has 1 aliphatic heterocycles. The van der Waals surface area contributed by atoms with Crippen LogP contribution in [0.2, 0.25) is 0 Å². The number of hydrogen-bond acceptors (Lipinski definition) is 4. The highest BCUT2D eigenvalue weighted by Crippen LogP contribution is 2.69. The van der Waals surface area contributed by atoms with E-state index in [-0.39, 0.29) is 0 Å². The Bertz CT molecular complexity index is 1300. The standard InChI is InChI=1S/C27H20Cl2N2O4/c1-35-16-8-6-7-15(13-16)30-21(32)14-31-24(33)22-23(25(31)34)27(29)18-10-3-2-9-17(18)26(22,28)19-11-4-5-12-20(19)27/h2-13,22-23H,14H2,1H3,(H,30,32)/t22-,23-,26?,27?/m0/s1. The number of carbonyl (C=O) groups is 3. The number of amides is 3.